The van der Waals surface area contributed by atoms with Crippen LogP contribution in [0, 0.1) is 0 Å². The van der Waals surface area contributed by atoms with E-state index in [-0.39, 0.29) is 5.91 Å². The molecule has 1 aromatic heterocycles. The first-order chi connectivity index (χ1) is 12.0. The summed E-state index contributed by atoms with van der Waals surface area (Å²) in [5.74, 6) is -0.0804. The smallest absolute Gasteiger partial charge is 0.252 e. The molecule has 0 radical (unpaired) electrons. The predicted octanol–water partition coefficient (Wildman–Crippen LogP) is 2.43. The van der Waals surface area contributed by atoms with Crippen molar-refractivity contribution in [3.63, 3.8) is 0 Å². The number of nitrogens with zero attached hydrogens (tertiary/aromatic N) is 1. The zero-order valence-electron chi connectivity index (χ0n) is 14.3. The third kappa shape index (κ3) is 4.16. The Morgan fingerprint density at radius 2 is 1.92 bits per heavy atom. The van der Waals surface area contributed by atoms with Gasteiger partial charge in [-0.2, -0.15) is 0 Å². The van der Waals surface area contributed by atoms with E-state index < -0.39 is 0 Å². The molecule has 0 fully saturated rings. The van der Waals surface area contributed by atoms with Crippen molar-refractivity contribution in [3.05, 3.63) is 65.2 Å². The number of aromatic nitrogens is 1. The standard InChI is InChI=1S/C20H20ClN3O/c1-24(2)11-10-22-20(25)17-13-19(14-6-5-7-15(21)12-14)23-18-9-4-3-8-16(17)18/h3-9,12-13H,10-11H2,1-2H3,(H,22,25)/p+1. The molecule has 3 rings (SSSR count). The van der Waals surface area contributed by atoms with Crippen LogP contribution in [-0.2, 0) is 0 Å². The summed E-state index contributed by atoms with van der Waals surface area (Å²) in [6, 6.07) is 17.0. The van der Waals surface area contributed by atoms with Crippen LogP contribution in [0.3, 0.4) is 0 Å². The number of amides is 1. The van der Waals surface area contributed by atoms with E-state index in [0.29, 0.717) is 17.1 Å². The van der Waals surface area contributed by atoms with Crippen LogP contribution in [0.4, 0.5) is 0 Å². The van der Waals surface area contributed by atoms with E-state index in [1.807, 2.05) is 54.6 Å². The molecule has 1 heterocycles. The second kappa shape index (κ2) is 7.64. The molecule has 2 N–H and O–H groups in total. The summed E-state index contributed by atoms with van der Waals surface area (Å²) in [5, 5.41) is 4.49. The molecule has 2 aromatic carbocycles. The molecular weight excluding hydrogens is 334 g/mol. The Hall–Kier alpha value is -2.43. The van der Waals surface area contributed by atoms with Crippen molar-refractivity contribution in [1.82, 2.24) is 10.3 Å². The number of halogens is 1. The van der Waals surface area contributed by atoms with E-state index in [0.717, 1.165) is 28.7 Å². The number of fused-ring (bicyclic) bond motifs is 1. The fourth-order valence-electron chi connectivity index (χ4n) is 2.68. The predicted molar refractivity (Wildman–Crippen MR) is 102 cm³/mol. The zero-order chi connectivity index (χ0) is 17.8. The third-order valence-corrected chi connectivity index (χ3v) is 4.23. The van der Waals surface area contributed by atoms with Crippen molar-refractivity contribution in [2.75, 3.05) is 27.2 Å². The van der Waals surface area contributed by atoms with Gasteiger partial charge in [0.1, 0.15) is 0 Å². The van der Waals surface area contributed by atoms with Crippen molar-refractivity contribution in [3.8, 4) is 11.3 Å². The molecular formula is C20H21ClN3O+. The molecule has 0 aliphatic heterocycles. The number of pyridine rings is 1. The lowest BCUT2D eigenvalue weighted by Gasteiger charge is -2.12. The van der Waals surface area contributed by atoms with Crippen LogP contribution < -0.4 is 10.2 Å². The Labute approximate surface area is 152 Å². The SMILES string of the molecule is C[NH+](C)CCNC(=O)c1cc(-c2cccc(Cl)c2)nc2ccccc12. The highest BCUT2D eigenvalue weighted by atomic mass is 35.5. The normalized spacial score (nSPS) is 11.0. The van der Waals surface area contributed by atoms with Crippen LogP contribution in [0.2, 0.25) is 5.02 Å². The fraction of sp³-hybridized carbons (Fsp3) is 0.200. The van der Waals surface area contributed by atoms with Gasteiger partial charge < -0.3 is 10.2 Å². The van der Waals surface area contributed by atoms with Gasteiger partial charge in [-0.05, 0) is 24.3 Å². The summed E-state index contributed by atoms with van der Waals surface area (Å²) in [5.41, 5.74) is 3.06. The maximum atomic E-state index is 12.7. The maximum absolute atomic E-state index is 12.7. The van der Waals surface area contributed by atoms with Gasteiger partial charge in [0.05, 0.1) is 44.0 Å². The topological polar surface area (TPSA) is 46.4 Å². The number of quaternary nitrogens is 1. The summed E-state index contributed by atoms with van der Waals surface area (Å²) in [7, 11) is 4.12. The minimum atomic E-state index is -0.0804. The summed E-state index contributed by atoms with van der Waals surface area (Å²) >= 11 is 6.10. The van der Waals surface area contributed by atoms with E-state index in [2.05, 4.69) is 19.4 Å². The number of nitrogens with one attached hydrogen (secondary N) is 2. The number of carbonyl (C=O) groups excluding carboxylic acids is 1. The molecule has 25 heavy (non-hydrogen) atoms. The Bertz CT molecular complexity index is 908. The van der Waals surface area contributed by atoms with Crippen molar-refractivity contribution in [2.45, 2.75) is 0 Å². The van der Waals surface area contributed by atoms with Crippen LogP contribution in [-0.4, -0.2) is 38.1 Å². The lowest BCUT2D eigenvalue weighted by atomic mass is 10.0. The number of benzene rings is 2. The second-order valence-corrected chi connectivity index (χ2v) is 6.73. The third-order valence-electron chi connectivity index (χ3n) is 3.99. The van der Waals surface area contributed by atoms with Crippen molar-refractivity contribution in [2.24, 2.45) is 0 Å². The van der Waals surface area contributed by atoms with Gasteiger partial charge in [-0.3, -0.25) is 4.79 Å². The Balaban J connectivity index is 2.02. The quantitative estimate of drug-likeness (QED) is 0.739. The van der Waals surface area contributed by atoms with Gasteiger partial charge in [-0.15, -0.1) is 0 Å². The van der Waals surface area contributed by atoms with E-state index in [9.17, 15) is 4.79 Å². The molecule has 0 spiro atoms. The number of carbonyl (C=O) groups is 1. The van der Waals surface area contributed by atoms with Gasteiger partial charge in [0.15, 0.2) is 0 Å². The highest BCUT2D eigenvalue weighted by Crippen LogP contribution is 2.26. The largest absolute Gasteiger partial charge is 0.346 e. The maximum Gasteiger partial charge on any atom is 0.252 e. The molecule has 0 saturated carbocycles. The molecule has 0 saturated heterocycles. The number of hydrogen-bond acceptors (Lipinski definition) is 2. The molecule has 128 valence electrons. The molecule has 0 unspecified atom stereocenters. The second-order valence-electron chi connectivity index (χ2n) is 6.30. The minimum Gasteiger partial charge on any atom is -0.346 e. The van der Waals surface area contributed by atoms with Gasteiger partial charge >= 0.3 is 0 Å². The van der Waals surface area contributed by atoms with Crippen LogP contribution in [0.5, 0.6) is 0 Å². The Morgan fingerprint density at radius 1 is 1.12 bits per heavy atom. The molecule has 0 bridgehead atoms. The molecule has 4 nitrogen and oxygen atoms in total. The van der Waals surface area contributed by atoms with Crippen molar-refractivity contribution in [1.29, 1.82) is 0 Å². The fourth-order valence-corrected chi connectivity index (χ4v) is 2.87. The summed E-state index contributed by atoms with van der Waals surface area (Å²) in [4.78, 5) is 18.7. The van der Waals surface area contributed by atoms with E-state index in [1.54, 1.807) is 0 Å². The summed E-state index contributed by atoms with van der Waals surface area (Å²) < 4.78 is 0. The molecule has 0 aliphatic rings. The Kier molecular flexibility index (Phi) is 5.31. The van der Waals surface area contributed by atoms with Crippen LogP contribution in [0.1, 0.15) is 10.4 Å². The molecule has 3 aromatic rings. The monoisotopic (exact) mass is 354 g/mol. The number of para-hydroxylation sites is 1. The van der Waals surface area contributed by atoms with Gasteiger partial charge in [-0.1, -0.05) is 41.9 Å². The average Bonchev–Trinajstić information content (AvgIpc) is 2.60. The van der Waals surface area contributed by atoms with E-state index in [4.69, 9.17) is 16.6 Å². The van der Waals surface area contributed by atoms with Gasteiger partial charge in [0.25, 0.3) is 5.91 Å². The van der Waals surface area contributed by atoms with Crippen molar-refractivity contribution >= 4 is 28.4 Å². The molecule has 0 atom stereocenters. The first-order valence-corrected chi connectivity index (χ1v) is 8.65. The lowest BCUT2D eigenvalue weighted by Crippen LogP contribution is -3.06. The minimum absolute atomic E-state index is 0.0804. The Morgan fingerprint density at radius 3 is 2.68 bits per heavy atom. The van der Waals surface area contributed by atoms with Crippen LogP contribution in [0.25, 0.3) is 22.2 Å². The zero-order valence-corrected chi connectivity index (χ0v) is 15.1. The molecule has 5 heteroatoms. The van der Waals surface area contributed by atoms with Crippen molar-refractivity contribution < 1.29 is 9.69 Å². The van der Waals surface area contributed by atoms with Gasteiger partial charge in [0, 0.05) is 16.0 Å². The molecule has 0 aliphatic carbocycles. The highest BCUT2D eigenvalue weighted by Gasteiger charge is 2.14. The van der Waals surface area contributed by atoms with E-state index in [1.165, 1.54) is 4.90 Å². The number of likely N-dealkylation sites (N-methyl/N-ethyl adjacent to an activating group) is 1. The molecule has 1 amide bonds. The summed E-state index contributed by atoms with van der Waals surface area (Å²) in [6.07, 6.45) is 0. The van der Waals surface area contributed by atoms with Gasteiger partial charge in [-0.25, -0.2) is 4.98 Å². The first-order valence-electron chi connectivity index (χ1n) is 8.27. The summed E-state index contributed by atoms with van der Waals surface area (Å²) in [6.45, 7) is 1.50. The highest BCUT2D eigenvalue weighted by molar-refractivity contribution is 6.30. The van der Waals surface area contributed by atoms with Crippen LogP contribution >= 0.6 is 11.6 Å². The number of rotatable bonds is 5. The van der Waals surface area contributed by atoms with Gasteiger partial charge in [0.2, 0.25) is 0 Å². The van der Waals surface area contributed by atoms with Crippen LogP contribution in [0.15, 0.2) is 54.6 Å². The van der Waals surface area contributed by atoms with E-state index >= 15 is 0 Å². The average molecular weight is 355 g/mol. The lowest BCUT2D eigenvalue weighted by molar-refractivity contribution is -0.856. The number of hydrogen-bond donors (Lipinski definition) is 2. The first kappa shape index (κ1) is 17.4.